The lowest BCUT2D eigenvalue weighted by atomic mass is 10.1. The summed E-state index contributed by atoms with van der Waals surface area (Å²) in [6, 6.07) is 7.63. The van der Waals surface area contributed by atoms with Gasteiger partial charge in [-0.2, -0.15) is 0 Å². The van der Waals surface area contributed by atoms with E-state index in [0.29, 0.717) is 19.5 Å². The van der Waals surface area contributed by atoms with Crippen molar-refractivity contribution in [3.05, 3.63) is 29.8 Å². The molecule has 6 heteroatoms. The molecular weight excluding hydrogens is 264 g/mol. The van der Waals surface area contributed by atoms with Crippen LogP contribution < -0.4 is 14.8 Å². The third kappa shape index (κ3) is 6.56. The first-order valence-electron chi connectivity index (χ1n) is 6.38. The maximum atomic E-state index is 11.6. The van der Waals surface area contributed by atoms with Crippen molar-refractivity contribution in [3.8, 4) is 5.75 Å². The molecule has 0 radical (unpaired) electrons. The van der Waals surface area contributed by atoms with Gasteiger partial charge in [-0.1, -0.05) is 19.1 Å². The predicted octanol–water partition coefficient (Wildman–Crippen LogP) is 0.767. The zero-order valence-electron chi connectivity index (χ0n) is 11.5. The Labute approximate surface area is 115 Å². The molecule has 0 atom stereocenters. The lowest BCUT2D eigenvalue weighted by molar-refractivity contribution is 0.414. The fraction of sp³-hybridized carbons (Fsp3) is 0.538. The Balaban J connectivity index is 2.36. The number of sulfonamides is 1. The van der Waals surface area contributed by atoms with Gasteiger partial charge in [0.2, 0.25) is 10.0 Å². The number of ether oxygens (including phenoxy) is 1. The molecule has 1 aromatic rings. The Morgan fingerprint density at radius 3 is 2.74 bits per heavy atom. The van der Waals surface area contributed by atoms with Crippen molar-refractivity contribution < 1.29 is 13.2 Å². The Morgan fingerprint density at radius 2 is 2.05 bits per heavy atom. The van der Waals surface area contributed by atoms with Crippen LogP contribution in [0.2, 0.25) is 0 Å². The van der Waals surface area contributed by atoms with Crippen molar-refractivity contribution in [3.63, 3.8) is 0 Å². The van der Waals surface area contributed by atoms with Gasteiger partial charge in [-0.25, -0.2) is 13.1 Å². The van der Waals surface area contributed by atoms with Crippen LogP contribution in [0.4, 0.5) is 0 Å². The maximum Gasteiger partial charge on any atom is 0.212 e. The average molecular weight is 286 g/mol. The van der Waals surface area contributed by atoms with E-state index >= 15 is 0 Å². The first-order valence-corrected chi connectivity index (χ1v) is 8.03. The minimum atomic E-state index is -3.18. The molecule has 0 spiro atoms. The van der Waals surface area contributed by atoms with Crippen LogP contribution in [0.5, 0.6) is 5.75 Å². The number of hydrogen-bond acceptors (Lipinski definition) is 4. The van der Waals surface area contributed by atoms with E-state index in [4.69, 9.17) is 4.74 Å². The highest BCUT2D eigenvalue weighted by Crippen LogP contribution is 2.12. The van der Waals surface area contributed by atoms with Gasteiger partial charge in [0.25, 0.3) is 0 Å². The monoisotopic (exact) mass is 286 g/mol. The largest absolute Gasteiger partial charge is 0.497 e. The number of rotatable bonds is 9. The summed E-state index contributed by atoms with van der Waals surface area (Å²) in [6.45, 7) is 3.61. The van der Waals surface area contributed by atoms with Crippen LogP contribution in [0.3, 0.4) is 0 Å². The van der Waals surface area contributed by atoms with E-state index in [-0.39, 0.29) is 5.75 Å². The molecule has 2 N–H and O–H groups in total. The number of benzene rings is 1. The molecule has 19 heavy (non-hydrogen) atoms. The molecule has 0 aliphatic carbocycles. The van der Waals surface area contributed by atoms with E-state index in [0.717, 1.165) is 17.9 Å². The van der Waals surface area contributed by atoms with Crippen molar-refractivity contribution in [1.29, 1.82) is 0 Å². The van der Waals surface area contributed by atoms with Crippen LogP contribution in [0.1, 0.15) is 12.5 Å². The standard InChI is InChI=1S/C13H22N2O3S/c1-3-14-9-10-19(16,17)15-8-7-12-5-4-6-13(11-12)18-2/h4-6,11,14-15H,3,7-10H2,1-2H3. The normalized spacial score (nSPS) is 11.5. The van der Waals surface area contributed by atoms with Gasteiger partial charge in [-0.3, -0.25) is 0 Å². The van der Waals surface area contributed by atoms with Gasteiger partial charge in [-0.05, 0) is 30.7 Å². The molecule has 5 nitrogen and oxygen atoms in total. The Bertz CT molecular complexity index is 475. The summed E-state index contributed by atoms with van der Waals surface area (Å²) in [7, 11) is -1.57. The van der Waals surface area contributed by atoms with E-state index in [1.807, 2.05) is 31.2 Å². The van der Waals surface area contributed by atoms with Crippen LogP contribution in [0, 0.1) is 0 Å². The third-order valence-electron chi connectivity index (χ3n) is 2.67. The molecule has 0 bridgehead atoms. The van der Waals surface area contributed by atoms with E-state index in [1.54, 1.807) is 7.11 Å². The van der Waals surface area contributed by atoms with Gasteiger partial charge in [0.15, 0.2) is 0 Å². The van der Waals surface area contributed by atoms with E-state index < -0.39 is 10.0 Å². The molecule has 1 aromatic carbocycles. The molecule has 0 saturated heterocycles. The smallest absolute Gasteiger partial charge is 0.212 e. The molecular formula is C13H22N2O3S. The fourth-order valence-electron chi connectivity index (χ4n) is 1.63. The van der Waals surface area contributed by atoms with Gasteiger partial charge >= 0.3 is 0 Å². The topological polar surface area (TPSA) is 67.4 Å². The van der Waals surface area contributed by atoms with Crippen LogP contribution in [-0.2, 0) is 16.4 Å². The number of nitrogens with one attached hydrogen (secondary N) is 2. The van der Waals surface area contributed by atoms with Crippen molar-refractivity contribution in [2.75, 3.05) is 32.5 Å². The minimum Gasteiger partial charge on any atom is -0.497 e. The zero-order chi connectivity index (χ0) is 14.1. The highest BCUT2D eigenvalue weighted by molar-refractivity contribution is 7.89. The molecule has 108 valence electrons. The fourth-order valence-corrected chi connectivity index (χ4v) is 2.60. The van der Waals surface area contributed by atoms with E-state index in [1.165, 1.54) is 0 Å². The molecule has 0 unspecified atom stereocenters. The summed E-state index contributed by atoms with van der Waals surface area (Å²) in [6.07, 6.45) is 0.650. The highest BCUT2D eigenvalue weighted by atomic mass is 32.2. The zero-order valence-corrected chi connectivity index (χ0v) is 12.3. The lowest BCUT2D eigenvalue weighted by Crippen LogP contribution is -2.33. The Hall–Kier alpha value is -1.11. The van der Waals surface area contributed by atoms with E-state index in [2.05, 4.69) is 10.0 Å². The quantitative estimate of drug-likeness (QED) is 0.658. The van der Waals surface area contributed by atoms with Crippen molar-refractivity contribution >= 4 is 10.0 Å². The lowest BCUT2D eigenvalue weighted by Gasteiger charge is -2.08. The number of hydrogen-bond donors (Lipinski definition) is 2. The molecule has 0 heterocycles. The molecule has 1 rings (SSSR count). The van der Waals surface area contributed by atoms with E-state index in [9.17, 15) is 8.42 Å². The predicted molar refractivity (Wildman–Crippen MR) is 77.0 cm³/mol. The van der Waals surface area contributed by atoms with Crippen molar-refractivity contribution in [2.24, 2.45) is 0 Å². The van der Waals surface area contributed by atoms with Gasteiger partial charge in [0, 0.05) is 13.1 Å². The van der Waals surface area contributed by atoms with Crippen molar-refractivity contribution in [1.82, 2.24) is 10.0 Å². The van der Waals surface area contributed by atoms with Crippen LogP contribution in [0.15, 0.2) is 24.3 Å². The Kier molecular flexibility index (Phi) is 6.83. The SMILES string of the molecule is CCNCCS(=O)(=O)NCCc1cccc(OC)c1. The van der Waals surface area contributed by atoms with Gasteiger partial charge in [0.1, 0.15) is 5.75 Å². The molecule has 0 fully saturated rings. The summed E-state index contributed by atoms with van der Waals surface area (Å²) in [4.78, 5) is 0. The molecule has 0 aliphatic heterocycles. The third-order valence-corrected chi connectivity index (χ3v) is 4.05. The average Bonchev–Trinajstić information content (AvgIpc) is 2.39. The second kappa shape index (κ2) is 8.14. The summed E-state index contributed by atoms with van der Waals surface area (Å²) < 4.78 is 31.0. The molecule has 0 saturated carbocycles. The minimum absolute atomic E-state index is 0.110. The van der Waals surface area contributed by atoms with Crippen LogP contribution in [-0.4, -0.2) is 40.9 Å². The molecule has 0 amide bonds. The summed E-state index contributed by atoms with van der Waals surface area (Å²) in [5.41, 5.74) is 1.05. The Morgan fingerprint density at radius 1 is 1.26 bits per heavy atom. The molecule has 0 aromatic heterocycles. The van der Waals surface area contributed by atoms with Gasteiger partial charge in [0.05, 0.1) is 12.9 Å². The second-order valence-electron chi connectivity index (χ2n) is 4.17. The highest BCUT2D eigenvalue weighted by Gasteiger charge is 2.08. The maximum absolute atomic E-state index is 11.6. The first-order chi connectivity index (χ1) is 9.07. The second-order valence-corrected chi connectivity index (χ2v) is 6.09. The van der Waals surface area contributed by atoms with Crippen LogP contribution in [0.25, 0.3) is 0 Å². The van der Waals surface area contributed by atoms with Gasteiger partial charge < -0.3 is 10.1 Å². The first kappa shape index (κ1) is 15.9. The van der Waals surface area contributed by atoms with Gasteiger partial charge in [-0.15, -0.1) is 0 Å². The molecule has 0 aliphatic rings. The van der Waals surface area contributed by atoms with Crippen molar-refractivity contribution in [2.45, 2.75) is 13.3 Å². The number of methoxy groups -OCH3 is 1. The summed E-state index contributed by atoms with van der Waals surface area (Å²) in [5.74, 6) is 0.895. The van der Waals surface area contributed by atoms with Crippen LogP contribution >= 0.6 is 0 Å². The summed E-state index contributed by atoms with van der Waals surface area (Å²) in [5, 5.41) is 2.99. The summed E-state index contributed by atoms with van der Waals surface area (Å²) >= 11 is 0.